The molecule has 0 amide bonds. The van der Waals surface area contributed by atoms with Crippen molar-refractivity contribution in [1.82, 2.24) is 9.38 Å². The Hall–Kier alpha value is -1.59. The van der Waals surface area contributed by atoms with E-state index in [1.165, 1.54) is 0 Å². The molecule has 0 bridgehead atoms. The average Bonchev–Trinajstić information content (AvgIpc) is 2.54. The third-order valence-corrected chi connectivity index (χ3v) is 2.67. The van der Waals surface area contributed by atoms with Crippen molar-refractivity contribution in [3.63, 3.8) is 0 Å². The molecule has 0 aliphatic heterocycles. The highest BCUT2D eigenvalue weighted by molar-refractivity contribution is 6.28. The van der Waals surface area contributed by atoms with Gasteiger partial charge in [0.15, 0.2) is 0 Å². The molecule has 16 heavy (non-hydrogen) atoms. The van der Waals surface area contributed by atoms with E-state index in [1.807, 2.05) is 6.07 Å². The Labute approximate surface area is 96.5 Å². The van der Waals surface area contributed by atoms with Crippen LogP contribution >= 0.6 is 11.6 Å². The lowest BCUT2D eigenvalue weighted by molar-refractivity contribution is -0.138. The first-order valence-electron chi connectivity index (χ1n) is 4.64. The largest absolute Gasteiger partial charge is 0.480 e. The maximum absolute atomic E-state index is 10.9. The van der Waals surface area contributed by atoms with Crippen LogP contribution in [0, 0.1) is 6.92 Å². The quantitative estimate of drug-likeness (QED) is 0.830. The Morgan fingerprint density at radius 1 is 1.62 bits per heavy atom. The summed E-state index contributed by atoms with van der Waals surface area (Å²) < 4.78 is 1.55. The van der Waals surface area contributed by atoms with Crippen LogP contribution in [0.3, 0.4) is 0 Å². The molecule has 84 valence electrons. The second-order valence-corrected chi connectivity index (χ2v) is 3.79. The van der Waals surface area contributed by atoms with E-state index in [1.54, 1.807) is 23.5 Å². The molecular weight excluding hydrogens is 230 g/mol. The molecule has 6 heteroatoms. The van der Waals surface area contributed by atoms with Gasteiger partial charge in [-0.05, 0) is 30.7 Å². The predicted molar refractivity (Wildman–Crippen MR) is 59.5 cm³/mol. The van der Waals surface area contributed by atoms with E-state index in [0.29, 0.717) is 5.69 Å². The van der Waals surface area contributed by atoms with Crippen molar-refractivity contribution in [3.8, 4) is 0 Å². The molecule has 2 aromatic heterocycles. The average molecular weight is 240 g/mol. The molecule has 2 rings (SSSR count). The number of hydrogen-bond acceptors (Lipinski definition) is 3. The van der Waals surface area contributed by atoms with E-state index in [2.05, 4.69) is 4.98 Å². The summed E-state index contributed by atoms with van der Waals surface area (Å²) in [5.41, 5.74) is 7.49. The number of carboxylic acid groups (broad SMARTS) is 1. The number of aryl methyl sites for hydroxylation is 1. The van der Waals surface area contributed by atoms with Gasteiger partial charge in [-0.1, -0.05) is 6.07 Å². The van der Waals surface area contributed by atoms with Crippen molar-refractivity contribution in [2.45, 2.75) is 13.0 Å². The number of halogens is 1. The van der Waals surface area contributed by atoms with E-state index in [4.69, 9.17) is 22.4 Å². The van der Waals surface area contributed by atoms with Crippen molar-refractivity contribution < 1.29 is 9.90 Å². The molecule has 2 aromatic rings. The number of nitrogens with zero attached hydrogens (tertiary/aromatic N) is 2. The van der Waals surface area contributed by atoms with E-state index in [0.717, 1.165) is 11.2 Å². The molecule has 0 radical (unpaired) electrons. The van der Waals surface area contributed by atoms with Crippen molar-refractivity contribution >= 4 is 23.1 Å². The zero-order chi connectivity index (χ0) is 11.9. The number of aliphatic carboxylic acids is 1. The summed E-state index contributed by atoms with van der Waals surface area (Å²) >= 11 is 5.94. The van der Waals surface area contributed by atoms with Crippen LogP contribution in [-0.2, 0) is 4.79 Å². The maximum atomic E-state index is 10.9. The van der Waals surface area contributed by atoms with E-state index >= 15 is 0 Å². The smallest absolute Gasteiger partial charge is 0.326 e. The highest BCUT2D eigenvalue weighted by Gasteiger charge is 2.19. The monoisotopic (exact) mass is 239 g/mol. The Balaban J connectivity index is 2.75. The zero-order valence-corrected chi connectivity index (χ0v) is 9.27. The van der Waals surface area contributed by atoms with Gasteiger partial charge in [0, 0.05) is 0 Å². The summed E-state index contributed by atoms with van der Waals surface area (Å²) in [4.78, 5) is 14.9. The van der Waals surface area contributed by atoms with E-state index < -0.39 is 12.0 Å². The summed E-state index contributed by atoms with van der Waals surface area (Å²) in [6.07, 6.45) is 0. The molecule has 5 nitrogen and oxygen atoms in total. The number of carbonyl (C=O) groups is 1. The van der Waals surface area contributed by atoms with Crippen LogP contribution in [0.5, 0.6) is 0 Å². The molecule has 3 N–H and O–H groups in total. The van der Waals surface area contributed by atoms with Crippen LogP contribution < -0.4 is 5.73 Å². The van der Waals surface area contributed by atoms with Gasteiger partial charge >= 0.3 is 5.97 Å². The van der Waals surface area contributed by atoms with Gasteiger partial charge in [-0.15, -0.1) is 0 Å². The standard InChI is InChI=1S/C10H10ClN3O2/c1-5-6-3-2-4-7(8(12)9(15)16)14(6)10(11)13-5/h2-4,8H,12H2,1H3,(H,15,16). The molecule has 0 fully saturated rings. The molecule has 0 aromatic carbocycles. The van der Waals surface area contributed by atoms with Gasteiger partial charge in [0.25, 0.3) is 0 Å². The predicted octanol–water partition coefficient (Wildman–Crippen LogP) is 1.38. The molecule has 0 saturated heterocycles. The number of nitrogens with two attached hydrogens (primary N) is 1. The third kappa shape index (κ3) is 1.54. The lowest BCUT2D eigenvalue weighted by Crippen LogP contribution is -2.23. The van der Waals surface area contributed by atoms with Gasteiger partial charge in [-0.25, -0.2) is 4.98 Å². The van der Waals surface area contributed by atoms with Crippen LogP contribution in [0.15, 0.2) is 18.2 Å². The summed E-state index contributed by atoms with van der Waals surface area (Å²) in [5.74, 6) is -1.10. The Morgan fingerprint density at radius 3 is 2.94 bits per heavy atom. The summed E-state index contributed by atoms with van der Waals surface area (Å²) in [5, 5.41) is 9.11. The number of pyridine rings is 1. The lowest BCUT2D eigenvalue weighted by atomic mass is 10.2. The third-order valence-electron chi connectivity index (χ3n) is 2.42. The fraction of sp³-hybridized carbons (Fsp3) is 0.200. The van der Waals surface area contributed by atoms with Gasteiger partial charge in [0.2, 0.25) is 5.28 Å². The summed E-state index contributed by atoms with van der Waals surface area (Å²) in [6.45, 7) is 1.80. The highest BCUT2D eigenvalue weighted by Crippen LogP contribution is 2.21. The van der Waals surface area contributed by atoms with Gasteiger partial charge in [-0.2, -0.15) is 0 Å². The van der Waals surface area contributed by atoms with Crippen LogP contribution in [0.1, 0.15) is 17.4 Å². The number of carboxylic acids is 1. The molecule has 0 aliphatic carbocycles. The van der Waals surface area contributed by atoms with Crippen molar-refractivity contribution in [2.75, 3.05) is 0 Å². The molecule has 1 unspecified atom stereocenters. The first kappa shape index (κ1) is 10.9. The molecule has 0 spiro atoms. The van der Waals surface area contributed by atoms with Gasteiger partial charge < -0.3 is 10.8 Å². The summed E-state index contributed by atoms with van der Waals surface area (Å²) in [6, 6.07) is 4.05. The topological polar surface area (TPSA) is 80.6 Å². The molecule has 0 saturated carbocycles. The Kier molecular flexibility index (Phi) is 2.57. The fourth-order valence-corrected chi connectivity index (χ4v) is 1.94. The Morgan fingerprint density at radius 2 is 2.31 bits per heavy atom. The fourth-order valence-electron chi connectivity index (χ4n) is 1.63. The van der Waals surface area contributed by atoms with E-state index in [9.17, 15) is 4.79 Å². The highest BCUT2D eigenvalue weighted by atomic mass is 35.5. The number of aromatic nitrogens is 2. The SMILES string of the molecule is Cc1nc(Cl)n2c(C(N)C(=O)O)cccc12. The van der Waals surface area contributed by atoms with Gasteiger partial charge in [0.1, 0.15) is 6.04 Å². The first-order chi connectivity index (χ1) is 7.52. The van der Waals surface area contributed by atoms with Crippen molar-refractivity contribution in [3.05, 3.63) is 34.9 Å². The maximum Gasteiger partial charge on any atom is 0.326 e. The Bertz CT molecular complexity index is 564. The van der Waals surface area contributed by atoms with Crippen LogP contribution in [-0.4, -0.2) is 20.5 Å². The second-order valence-electron chi connectivity index (χ2n) is 3.45. The van der Waals surface area contributed by atoms with Crippen molar-refractivity contribution in [2.24, 2.45) is 5.73 Å². The van der Waals surface area contributed by atoms with Gasteiger partial charge in [-0.3, -0.25) is 9.20 Å². The minimum absolute atomic E-state index is 0.222. The zero-order valence-electron chi connectivity index (χ0n) is 8.51. The minimum Gasteiger partial charge on any atom is -0.480 e. The molecular formula is C10H10ClN3O2. The number of imidazole rings is 1. The minimum atomic E-state index is -1.12. The van der Waals surface area contributed by atoms with Crippen LogP contribution in [0.4, 0.5) is 0 Å². The summed E-state index contributed by atoms with van der Waals surface area (Å²) in [7, 11) is 0. The van der Waals surface area contributed by atoms with Crippen molar-refractivity contribution in [1.29, 1.82) is 0 Å². The number of fused-ring (bicyclic) bond motifs is 1. The number of rotatable bonds is 2. The first-order valence-corrected chi connectivity index (χ1v) is 5.02. The second kappa shape index (κ2) is 3.77. The van der Waals surface area contributed by atoms with E-state index in [-0.39, 0.29) is 5.28 Å². The molecule has 1 atom stereocenters. The number of hydrogen-bond donors (Lipinski definition) is 2. The normalized spacial score (nSPS) is 12.9. The molecule has 0 aliphatic rings. The van der Waals surface area contributed by atoms with Crippen LogP contribution in [0.25, 0.3) is 5.52 Å². The molecule has 2 heterocycles. The van der Waals surface area contributed by atoms with Gasteiger partial charge in [0.05, 0.1) is 16.9 Å². The van der Waals surface area contributed by atoms with Crippen LogP contribution in [0.2, 0.25) is 5.28 Å². The lowest BCUT2D eigenvalue weighted by Gasteiger charge is -2.10.